The SMILES string of the molecule is CC(O)C(c1ccccc1)c1ccccc1. The van der Waals surface area contributed by atoms with Crippen LogP contribution < -0.4 is 0 Å². The molecule has 1 atom stereocenters. The van der Waals surface area contributed by atoms with E-state index in [0.29, 0.717) is 0 Å². The van der Waals surface area contributed by atoms with Crippen molar-refractivity contribution in [3.63, 3.8) is 0 Å². The van der Waals surface area contributed by atoms with Crippen molar-refractivity contribution in [2.24, 2.45) is 0 Å². The zero-order valence-electron chi connectivity index (χ0n) is 9.38. The van der Waals surface area contributed by atoms with Gasteiger partial charge in [-0.3, -0.25) is 0 Å². The second-order valence-corrected chi connectivity index (χ2v) is 4.04. The number of benzene rings is 2. The van der Waals surface area contributed by atoms with E-state index in [1.54, 1.807) is 0 Å². The molecule has 16 heavy (non-hydrogen) atoms. The lowest BCUT2D eigenvalue weighted by Crippen LogP contribution is -2.15. The molecule has 2 aromatic rings. The third kappa shape index (κ3) is 2.31. The summed E-state index contributed by atoms with van der Waals surface area (Å²) in [5.41, 5.74) is 2.31. The van der Waals surface area contributed by atoms with Crippen LogP contribution in [0.15, 0.2) is 60.7 Å². The predicted molar refractivity (Wildman–Crippen MR) is 66.4 cm³/mol. The van der Waals surface area contributed by atoms with Crippen LogP contribution in [0.5, 0.6) is 0 Å². The summed E-state index contributed by atoms with van der Waals surface area (Å²) in [6.45, 7) is 1.84. The summed E-state index contributed by atoms with van der Waals surface area (Å²) in [6.07, 6.45) is -0.384. The molecule has 0 aliphatic rings. The van der Waals surface area contributed by atoms with Crippen LogP contribution in [0.4, 0.5) is 0 Å². The molecule has 2 rings (SSSR count). The van der Waals surface area contributed by atoms with E-state index >= 15 is 0 Å². The van der Waals surface area contributed by atoms with Crippen molar-refractivity contribution in [3.8, 4) is 0 Å². The molecule has 0 spiro atoms. The summed E-state index contributed by atoms with van der Waals surface area (Å²) in [5, 5.41) is 9.92. The van der Waals surface area contributed by atoms with E-state index in [1.807, 2.05) is 43.3 Å². The Labute approximate surface area is 96.4 Å². The van der Waals surface area contributed by atoms with Gasteiger partial charge in [0.1, 0.15) is 0 Å². The molecule has 0 aliphatic carbocycles. The van der Waals surface area contributed by atoms with Crippen LogP contribution in [0.3, 0.4) is 0 Å². The minimum Gasteiger partial charge on any atom is -0.392 e. The Kier molecular flexibility index (Phi) is 3.37. The number of rotatable bonds is 3. The molecule has 0 radical (unpaired) electrons. The van der Waals surface area contributed by atoms with E-state index in [0.717, 1.165) is 11.1 Å². The van der Waals surface area contributed by atoms with E-state index < -0.39 is 0 Å². The average Bonchev–Trinajstić information content (AvgIpc) is 2.31. The lowest BCUT2D eigenvalue weighted by atomic mass is 9.87. The Morgan fingerprint density at radius 1 is 0.750 bits per heavy atom. The van der Waals surface area contributed by atoms with Gasteiger partial charge in [0.15, 0.2) is 0 Å². The predicted octanol–water partition coefficient (Wildman–Crippen LogP) is 3.20. The van der Waals surface area contributed by atoms with E-state index in [4.69, 9.17) is 0 Å². The maximum atomic E-state index is 9.92. The first kappa shape index (κ1) is 10.9. The van der Waals surface area contributed by atoms with Gasteiger partial charge in [0.2, 0.25) is 0 Å². The van der Waals surface area contributed by atoms with Gasteiger partial charge in [0.25, 0.3) is 0 Å². The van der Waals surface area contributed by atoms with E-state index in [1.165, 1.54) is 0 Å². The fourth-order valence-corrected chi connectivity index (χ4v) is 2.07. The van der Waals surface area contributed by atoms with E-state index in [9.17, 15) is 5.11 Å². The van der Waals surface area contributed by atoms with Crippen molar-refractivity contribution in [2.75, 3.05) is 0 Å². The zero-order chi connectivity index (χ0) is 11.4. The average molecular weight is 212 g/mol. The number of hydrogen-bond acceptors (Lipinski definition) is 1. The van der Waals surface area contributed by atoms with Gasteiger partial charge in [-0.25, -0.2) is 0 Å². The van der Waals surface area contributed by atoms with Crippen LogP contribution in [-0.2, 0) is 0 Å². The van der Waals surface area contributed by atoms with Crippen molar-refractivity contribution in [2.45, 2.75) is 18.9 Å². The molecule has 1 heteroatoms. The maximum Gasteiger partial charge on any atom is 0.0621 e. The first-order chi connectivity index (χ1) is 7.79. The molecule has 1 nitrogen and oxygen atoms in total. The van der Waals surface area contributed by atoms with E-state index in [2.05, 4.69) is 24.3 Å². The molecule has 2 aromatic carbocycles. The fraction of sp³-hybridized carbons (Fsp3) is 0.200. The molecular weight excluding hydrogens is 196 g/mol. The highest BCUT2D eigenvalue weighted by molar-refractivity contribution is 5.33. The van der Waals surface area contributed by atoms with Gasteiger partial charge in [-0.05, 0) is 18.1 Å². The summed E-state index contributed by atoms with van der Waals surface area (Å²) < 4.78 is 0. The third-order valence-electron chi connectivity index (χ3n) is 2.80. The number of aliphatic hydroxyl groups excluding tert-OH is 1. The van der Waals surface area contributed by atoms with Gasteiger partial charge in [-0.1, -0.05) is 60.7 Å². The highest BCUT2D eigenvalue weighted by Crippen LogP contribution is 2.27. The Morgan fingerprint density at radius 2 is 1.12 bits per heavy atom. The van der Waals surface area contributed by atoms with Crippen molar-refractivity contribution in [1.29, 1.82) is 0 Å². The first-order valence-corrected chi connectivity index (χ1v) is 5.57. The largest absolute Gasteiger partial charge is 0.392 e. The molecule has 0 aromatic heterocycles. The van der Waals surface area contributed by atoms with Gasteiger partial charge < -0.3 is 5.11 Å². The molecule has 0 heterocycles. The summed E-state index contributed by atoms with van der Waals surface area (Å²) in [7, 11) is 0. The lowest BCUT2D eigenvalue weighted by Gasteiger charge is -2.20. The van der Waals surface area contributed by atoms with Gasteiger partial charge in [0.05, 0.1) is 6.10 Å². The third-order valence-corrected chi connectivity index (χ3v) is 2.80. The molecular formula is C15H16O. The Morgan fingerprint density at radius 3 is 1.44 bits per heavy atom. The Hall–Kier alpha value is -1.60. The topological polar surface area (TPSA) is 20.2 Å². The molecule has 1 unspecified atom stereocenters. The molecule has 1 N–H and O–H groups in total. The fourth-order valence-electron chi connectivity index (χ4n) is 2.07. The Balaban J connectivity index is 2.40. The summed E-state index contributed by atoms with van der Waals surface area (Å²) in [5.74, 6) is 0.0578. The number of aliphatic hydroxyl groups is 1. The van der Waals surface area contributed by atoms with Crippen LogP contribution in [-0.4, -0.2) is 11.2 Å². The molecule has 0 fully saturated rings. The normalized spacial score (nSPS) is 12.7. The first-order valence-electron chi connectivity index (χ1n) is 5.57. The van der Waals surface area contributed by atoms with Crippen molar-refractivity contribution in [3.05, 3.63) is 71.8 Å². The minimum absolute atomic E-state index is 0.0578. The molecule has 0 saturated carbocycles. The van der Waals surface area contributed by atoms with Crippen molar-refractivity contribution >= 4 is 0 Å². The van der Waals surface area contributed by atoms with E-state index in [-0.39, 0.29) is 12.0 Å². The van der Waals surface area contributed by atoms with Crippen LogP contribution in [0.2, 0.25) is 0 Å². The smallest absolute Gasteiger partial charge is 0.0621 e. The van der Waals surface area contributed by atoms with Gasteiger partial charge >= 0.3 is 0 Å². The lowest BCUT2D eigenvalue weighted by molar-refractivity contribution is 0.176. The molecule has 0 aliphatic heterocycles. The van der Waals surface area contributed by atoms with Gasteiger partial charge in [0, 0.05) is 5.92 Å². The highest BCUT2D eigenvalue weighted by Gasteiger charge is 2.18. The highest BCUT2D eigenvalue weighted by atomic mass is 16.3. The quantitative estimate of drug-likeness (QED) is 0.828. The molecule has 0 bridgehead atoms. The molecule has 0 saturated heterocycles. The minimum atomic E-state index is -0.384. The maximum absolute atomic E-state index is 9.92. The van der Waals surface area contributed by atoms with Crippen LogP contribution in [0, 0.1) is 0 Å². The van der Waals surface area contributed by atoms with Crippen LogP contribution >= 0.6 is 0 Å². The second-order valence-electron chi connectivity index (χ2n) is 4.04. The van der Waals surface area contributed by atoms with Crippen LogP contribution in [0.1, 0.15) is 24.0 Å². The molecule has 0 amide bonds. The van der Waals surface area contributed by atoms with Gasteiger partial charge in [-0.15, -0.1) is 0 Å². The summed E-state index contributed by atoms with van der Waals surface area (Å²) in [6, 6.07) is 20.3. The standard InChI is InChI=1S/C15H16O/c1-12(16)15(13-8-4-2-5-9-13)14-10-6-3-7-11-14/h2-12,15-16H,1H3. The van der Waals surface area contributed by atoms with Crippen molar-refractivity contribution < 1.29 is 5.11 Å². The summed E-state index contributed by atoms with van der Waals surface area (Å²) >= 11 is 0. The Bertz CT molecular complexity index is 380. The monoisotopic (exact) mass is 212 g/mol. The zero-order valence-corrected chi connectivity index (χ0v) is 9.38. The van der Waals surface area contributed by atoms with Gasteiger partial charge in [-0.2, -0.15) is 0 Å². The molecule has 82 valence electrons. The van der Waals surface area contributed by atoms with Crippen molar-refractivity contribution in [1.82, 2.24) is 0 Å². The second kappa shape index (κ2) is 4.95. The van der Waals surface area contributed by atoms with Crippen LogP contribution in [0.25, 0.3) is 0 Å². The number of hydrogen-bond donors (Lipinski definition) is 1. The summed E-state index contributed by atoms with van der Waals surface area (Å²) in [4.78, 5) is 0.